The minimum Gasteiger partial charge on any atom is -0.465 e. The molecule has 0 bridgehead atoms. The van der Waals surface area contributed by atoms with Gasteiger partial charge in [-0.25, -0.2) is 4.79 Å². The van der Waals surface area contributed by atoms with Crippen molar-refractivity contribution in [1.82, 2.24) is 19.9 Å². The minimum absolute atomic E-state index is 0.00142. The second kappa shape index (κ2) is 10.1. The van der Waals surface area contributed by atoms with Gasteiger partial charge in [-0.1, -0.05) is 71.9 Å². The predicted octanol–water partition coefficient (Wildman–Crippen LogP) is 4.73. The van der Waals surface area contributed by atoms with Crippen molar-refractivity contribution < 1.29 is 14.6 Å². The number of likely N-dealkylation sites (tertiary alicyclic amines) is 1. The Morgan fingerprint density at radius 3 is 2.62 bits per heavy atom. The summed E-state index contributed by atoms with van der Waals surface area (Å²) in [7, 11) is 0. The molecule has 1 aliphatic rings. The molecule has 7 heteroatoms. The molecule has 0 aliphatic carbocycles. The zero-order valence-corrected chi connectivity index (χ0v) is 19.0. The third-order valence-electron chi connectivity index (χ3n) is 6.52. The predicted molar refractivity (Wildman–Crippen MR) is 130 cm³/mol. The van der Waals surface area contributed by atoms with E-state index in [0.717, 1.165) is 29.6 Å². The number of ether oxygens (including phenoxy) is 1. The number of benzene rings is 3. The van der Waals surface area contributed by atoms with E-state index in [-0.39, 0.29) is 12.0 Å². The fourth-order valence-corrected chi connectivity index (χ4v) is 4.61. The van der Waals surface area contributed by atoms with Crippen LogP contribution in [0.25, 0.3) is 10.8 Å². The van der Waals surface area contributed by atoms with Crippen molar-refractivity contribution in [3.63, 3.8) is 0 Å². The van der Waals surface area contributed by atoms with Crippen LogP contribution in [0.15, 0.2) is 79.0 Å². The van der Waals surface area contributed by atoms with Gasteiger partial charge in [0.25, 0.3) is 0 Å². The molecule has 1 aromatic heterocycles. The van der Waals surface area contributed by atoms with Crippen molar-refractivity contribution in [1.29, 1.82) is 0 Å². The number of fused-ring (bicyclic) bond motifs is 1. The molecule has 2 heterocycles. The average molecular weight is 457 g/mol. The van der Waals surface area contributed by atoms with Crippen LogP contribution in [0.4, 0.5) is 4.79 Å². The lowest BCUT2D eigenvalue weighted by Crippen LogP contribution is -2.46. The Morgan fingerprint density at radius 1 is 1.00 bits per heavy atom. The smallest absolute Gasteiger partial charge is 0.407 e. The molecule has 3 aromatic carbocycles. The number of rotatable bonds is 7. The summed E-state index contributed by atoms with van der Waals surface area (Å²) in [4.78, 5) is 13.1. The summed E-state index contributed by atoms with van der Waals surface area (Å²) in [5.41, 5.74) is 3.18. The van der Waals surface area contributed by atoms with Crippen LogP contribution in [-0.4, -0.2) is 50.3 Å². The Morgan fingerprint density at radius 2 is 1.79 bits per heavy atom. The van der Waals surface area contributed by atoms with E-state index in [9.17, 15) is 9.90 Å². The van der Waals surface area contributed by atoms with Gasteiger partial charge in [-0.15, -0.1) is 5.10 Å². The first-order valence-corrected chi connectivity index (χ1v) is 11.7. The van der Waals surface area contributed by atoms with E-state index in [1.54, 1.807) is 0 Å². The Hall–Kier alpha value is -3.71. The highest BCUT2D eigenvalue weighted by molar-refractivity contribution is 5.82. The van der Waals surface area contributed by atoms with Crippen LogP contribution in [-0.2, 0) is 24.3 Å². The first-order valence-electron chi connectivity index (χ1n) is 11.7. The highest BCUT2D eigenvalue weighted by atomic mass is 16.5. The molecular weight excluding hydrogens is 428 g/mol. The van der Waals surface area contributed by atoms with Crippen molar-refractivity contribution in [3.8, 4) is 0 Å². The van der Waals surface area contributed by atoms with Gasteiger partial charge in [0.15, 0.2) is 0 Å². The van der Waals surface area contributed by atoms with Crippen LogP contribution in [0, 0.1) is 0 Å². The van der Waals surface area contributed by atoms with Gasteiger partial charge in [-0.05, 0) is 40.8 Å². The molecule has 174 valence electrons. The van der Waals surface area contributed by atoms with E-state index in [1.165, 1.54) is 15.8 Å². The van der Waals surface area contributed by atoms with Gasteiger partial charge in [0, 0.05) is 25.2 Å². The zero-order chi connectivity index (χ0) is 23.3. The van der Waals surface area contributed by atoms with Gasteiger partial charge in [0.2, 0.25) is 0 Å². The first-order chi connectivity index (χ1) is 16.7. The van der Waals surface area contributed by atoms with Crippen molar-refractivity contribution in [3.05, 3.63) is 95.8 Å². The standard InChI is InChI=1S/C27H28N4O3/c32-27(33)30-14-13-24(25-17-31(29-28-25)15-12-20-6-2-1-3-7-20)26(18-30)34-19-21-10-11-22-8-4-5-9-23(22)16-21/h1-11,16-17,24,26H,12-15,18-19H2,(H,32,33)/t24-,26+/m0/s1. The quantitative estimate of drug-likeness (QED) is 0.435. The fraction of sp³-hybridized carbons (Fsp3) is 0.296. The topological polar surface area (TPSA) is 80.5 Å². The Kier molecular flexibility index (Phi) is 6.53. The maximum absolute atomic E-state index is 11.6. The molecule has 1 fully saturated rings. The SMILES string of the molecule is O=C(O)N1CC[C@@H](c2cn(CCc3ccccc3)nn2)[C@H](OCc2ccc3ccccc3c2)C1. The van der Waals surface area contributed by atoms with Gasteiger partial charge < -0.3 is 14.7 Å². The molecule has 4 aromatic rings. The molecule has 0 spiro atoms. The lowest BCUT2D eigenvalue weighted by molar-refractivity contribution is -0.0208. The number of carbonyl (C=O) groups is 1. The molecule has 2 atom stereocenters. The second-order valence-corrected chi connectivity index (χ2v) is 8.80. The molecule has 1 saturated heterocycles. The second-order valence-electron chi connectivity index (χ2n) is 8.80. The summed E-state index contributed by atoms with van der Waals surface area (Å²) >= 11 is 0. The largest absolute Gasteiger partial charge is 0.465 e. The number of piperidine rings is 1. The van der Waals surface area contributed by atoms with Crippen molar-refractivity contribution in [2.24, 2.45) is 0 Å². The van der Waals surface area contributed by atoms with E-state index in [0.29, 0.717) is 26.1 Å². The number of hydrogen-bond donors (Lipinski definition) is 1. The van der Waals surface area contributed by atoms with Crippen LogP contribution in [0.5, 0.6) is 0 Å². The Labute approximate surface area is 198 Å². The molecular formula is C27H28N4O3. The molecule has 1 amide bonds. The Bertz CT molecular complexity index is 1260. The zero-order valence-electron chi connectivity index (χ0n) is 19.0. The molecule has 0 radical (unpaired) electrons. The van der Waals surface area contributed by atoms with Gasteiger partial charge in [0.1, 0.15) is 0 Å². The van der Waals surface area contributed by atoms with E-state index in [2.05, 4.69) is 52.8 Å². The average Bonchev–Trinajstić information content (AvgIpc) is 3.35. The number of hydrogen-bond acceptors (Lipinski definition) is 4. The number of aromatic nitrogens is 3. The first kappa shape index (κ1) is 22.1. The van der Waals surface area contributed by atoms with Crippen LogP contribution in [0.2, 0.25) is 0 Å². The summed E-state index contributed by atoms with van der Waals surface area (Å²) < 4.78 is 8.19. The molecule has 5 rings (SSSR count). The van der Waals surface area contributed by atoms with Crippen LogP contribution >= 0.6 is 0 Å². The number of carboxylic acid groups (broad SMARTS) is 1. The van der Waals surface area contributed by atoms with E-state index < -0.39 is 6.09 Å². The van der Waals surface area contributed by atoms with E-state index in [4.69, 9.17) is 4.74 Å². The maximum Gasteiger partial charge on any atom is 0.407 e. The molecule has 34 heavy (non-hydrogen) atoms. The highest BCUT2D eigenvalue weighted by Gasteiger charge is 2.35. The minimum atomic E-state index is -0.913. The summed E-state index contributed by atoms with van der Waals surface area (Å²) in [5.74, 6) is 0.00142. The normalized spacial score (nSPS) is 18.3. The number of nitrogens with zero attached hydrogens (tertiary/aromatic N) is 4. The van der Waals surface area contributed by atoms with Crippen LogP contribution in [0.1, 0.15) is 29.2 Å². The van der Waals surface area contributed by atoms with Crippen molar-refractivity contribution >= 4 is 16.9 Å². The summed E-state index contributed by atoms with van der Waals surface area (Å²) in [6, 6.07) is 24.8. The maximum atomic E-state index is 11.6. The van der Waals surface area contributed by atoms with Crippen LogP contribution < -0.4 is 0 Å². The van der Waals surface area contributed by atoms with Gasteiger partial charge in [-0.3, -0.25) is 4.68 Å². The summed E-state index contributed by atoms with van der Waals surface area (Å²) in [5, 5.41) is 20.7. The van der Waals surface area contributed by atoms with E-state index >= 15 is 0 Å². The lowest BCUT2D eigenvalue weighted by atomic mass is 9.91. The summed E-state index contributed by atoms with van der Waals surface area (Å²) in [6.07, 6.45) is 2.32. The van der Waals surface area contributed by atoms with Gasteiger partial charge in [-0.2, -0.15) is 0 Å². The van der Waals surface area contributed by atoms with Crippen molar-refractivity contribution in [2.45, 2.75) is 38.0 Å². The summed E-state index contributed by atoms with van der Waals surface area (Å²) in [6.45, 7) is 1.95. The Balaban J connectivity index is 1.28. The third-order valence-corrected chi connectivity index (χ3v) is 6.52. The van der Waals surface area contributed by atoms with E-state index in [1.807, 2.05) is 41.2 Å². The molecule has 0 saturated carbocycles. The molecule has 0 unspecified atom stereocenters. The number of amides is 1. The lowest BCUT2D eigenvalue weighted by Gasteiger charge is -2.36. The van der Waals surface area contributed by atoms with Crippen molar-refractivity contribution in [2.75, 3.05) is 13.1 Å². The van der Waals surface area contributed by atoms with Gasteiger partial charge >= 0.3 is 6.09 Å². The number of aryl methyl sites for hydroxylation is 2. The monoisotopic (exact) mass is 456 g/mol. The molecule has 1 N–H and O–H groups in total. The van der Waals surface area contributed by atoms with Crippen LogP contribution in [0.3, 0.4) is 0 Å². The molecule has 7 nitrogen and oxygen atoms in total. The highest BCUT2D eigenvalue weighted by Crippen LogP contribution is 2.30. The molecule has 1 aliphatic heterocycles. The fourth-order valence-electron chi connectivity index (χ4n) is 4.61. The van der Waals surface area contributed by atoms with Gasteiger partial charge in [0.05, 0.1) is 24.9 Å². The third kappa shape index (κ3) is 5.10.